The van der Waals surface area contributed by atoms with Gasteiger partial charge < -0.3 is 4.90 Å². The van der Waals surface area contributed by atoms with Crippen molar-refractivity contribution in [1.82, 2.24) is 0 Å². The van der Waals surface area contributed by atoms with E-state index in [4.69, 9.17) is 0 Å². The van der Waals surface area contributed by atoms with Crippen LogP contribution in [0.25, 0.3) is 0 Å². The summed E-state index contributed by atoms with van der Waals surface area (Å²) in [6.45, 7) is 4.31. The van der Waals surface area contributed by atoms with Gasteiger partial charge in [0.15, 0.2) is 10.8 Å². The molecule has 0 aromatic carbocycles. The summed E-state index contributed by atoms with van der Waals surface area (Å²) in [4.78, 5) is 24.1. The van der Waals surface area contributed by atoms with Crippen molar-refractivity contribution in [3.63, 3.8) is 0 Å². The van der Waals surface area contributed by atoms with E-state index in [0.717, 1.165) is 25.8 Å². The molecule has 0 atom stereocenters. The Labute approximate surface area is 111 Å². The van der Waals surface area contributed by atoms with Crippen molar-refractivity contribution in [1.29, 1.82) is 0 Å². The highest BCUT2D eigenvalue weighted by Gasteiger charge is 2.23. The first-order valence-electron chi connectivity index (χ1n) is 5.97. The largest absolute Gasteiger partial charge is 0.361 e. The van der Waals surface area contributed by atoms with E-state index in [0.29, 0.717) is 9.88 Å². The van der Waals surface area contributed by atoms with Crippen LogP contribution in [0.1, 0.15) is 42.8 Å². The summed E-state index contributed by atoms with van der Waals surface area (Å²) >= 11 is 1.20. The molecule has 0 saturated heterocycles. The predicted octanol–water partition coefficient (Wildman–Crippen LogP) is 3.49. The number of carbonyl (C=O) groups is 1. The lowest BCUT2D eigenvalue weighted by Crippen LogP contribution is -2.18. The van der Waals surface area contributed by atoms with Gasteiger partial charge in [-0.05, 0) is 13.3 Å². The standard InChI is InChI=1S/C12H18N2O3S/c1-4-5-6-7-13(3)12-10(14(16)17)8-11(18-12)9(2)15/h8H,4-7H2,1-3H3. The van der Waals surface area contributed by atoms with Gasteiger partial charge in [-0.3, -0.25) is 14.9 Å². The fourth-order valence-electron chi connectivity index (χ4n) is 1.65. The summed E-state index contributed by atoms with van der Waals surface area (Å²) in [7, 11) is 1.83. The number of Topliss-reactive ketones (excluding diaryl/α,β-unsaturated/α-hetero) is 1. The molecule has 0 aliphatic heterocycles. The maximum absolute atomic E-state index is 11.3. The van der Waals surface area contributed by atoms with Crippen molar-refractivity contribution in [3.05, 3.63) is 21.1 Å². The molecule has 1 aromatic heterocycles. The van der Waals surface area contributed by atoms with Gasteiger partial charge in [-0.1, -0.05) is 19.8 Å². The fourth-order valence-corrected chi connectivity index (χ4v) is 2.66. The van der Waals surface area contributed by atoms with Gasteiger partial charge in [0.2, 0.25) is 0 Å². The summed E-state index contributed by atoms with van der Waals surface area (Å²) in [6, 6.07) is 1.37. The number of carbonyl (C=O) groups excluding carboxylic acids is 1. The van der Waals surface area contributed by atoms with Crippen LogP contribution in [0.15, 0.2) is 6.07 Å². The van der Waals surface area contributed by atoms with Crippen LogP contribution >= 0.6 is 11.3 Å². The Morgan fingerprint density at radius 3 is 2.67 bits per heavy atom. The highest BCUT2D eigenvalue weighted by atomic mass is 32.1. The van der Waals surface area contributed by atoms with Crippen molar-refractivity contribution >= 4 is 27.8 Å². The van der Waals surface area contributed by atoms with E-state index in [1.807, 2.05) is 11.9 Å². The van der Waals surface area contributed by atoms with E-state index in [1.54, 1.807) is 0 Å². The zero-order valence-electron chi connectivity index (χ0n) is 10.9. The van der Waals surface area contributed by atoms with Crippen LogP contribution in [0, 0.1) is 10.1 Å². The van der Waals surface area contributed by atoms with Crippen LogP contribution in [-0.4, -0.2) is 24.3 Å². The zero-order valence-corrected chi connectivity index (χ0v) is 11.7. The van der Waals surface area contributed by atoms with Gasteiger partial charge in [-0.2, -0.15) is 0 Å². The molecule has 0 radical (unpaired) electrons. The second-order valence-electron chi connectivity index (χ2n) is 4.24. The number of hydrogen-bond donors (Lipinski definition) is 0. The minimum Gasteiger partial charge on any atom is -0.361 e. The highest BCUT2D eigenvalue weighted by Crippen LogP contribution is 2.37. The van der Waals surface area contributed by atoms with Crippen molar-refractivity contribution in [3.8, 4) is 0 Å². The molecule has 100 valence electrons. The quantitative estimate of drug-likeness (QED) is 0.329. The van der Waals surface area contributed by atoms with Gasteiger partial charge in [0.1, 0.15) is 0 Å². The normalized spacial score (nSPS) is 10.4. The molecule has 6 heteroatoms. The Hall–Kier alpha value is -1.43. The molecule has 0 aliphatic rings. The Balaban J connectivity index is 2.91. The molecule has 0 fully saturated rings. The SMILES string of the molecule is CCCCCN(C)c1sc(C(C)=O)cc1[N+](=O)[O-]. The second-order valence-corrected chi connectivity index (χ2v) is 5.27. The van der Waals surface area contributed by atoms with Gasteiger partial charge in [-0.25, -0.2) is 0 Å². The zero-order chi connectivity index (χ0) is 13.7. The lowest BCUT2D eigenvalue weighted by molar-refractivity contribution is -0.383. The summed E-state index contributed by atoms with van der Waals surface area (Å²) < 4.78 is 0. The van der Waals surface area contributed by atoms with E-state index < -0.39 is 4.92 Å². The fraction of sp³-hybridized carbons (Fsp3) is 0.583. The molecule has 0 N–H and O–H groups in total. The van der Waals surface area contributed by atoms with Crippen molar-refractivity contribution in [2.45, 2.75) is 33.1 Å². The Morgan fingerprint density at radius 1 is 1.50 bits per heavy atom. The molecule has 0 bridgehead atoms. The minimum absolute atomic E-state index is 0.0317. The smallest absolute Gasteiger partial charge is 0.304 e. The molecule has 0 aliphatic carbocycles. The van der Waals surface area contributed by atoms with Gasteiger partial charge >= 0.3 is 5.69 Å². The van der Waals surface area contributed by atoms with Gasteiger partial charge in [0.05, 0.1) is 9.80 Å². The molecular formula is C12H18N2O3S. The molecular weight excluding hydrogens is 252 g/mol. The van der Waals surface area contributed by atoms with Crippen LogP contribution in [-0.2, 0) is 0 Å². The molecule has 1 rings (SSSR count). The minimum atomic E-state index is -0.422. The van der Waals surface area contributed by atoms with E-state index >= 15 is 0 Å². The Kier molecular flexibility index (Phi) is 5.27. The van der Waals surface area contributed by atoms with Gasteiger partial charge in [0.25, 0.3) is 0 Å². The number of anilines is 1. The molecule has 1 aromatic rings. The molecule has 5 nitrogen and oxygen atoms in total. The Morgan fingerprint density at radius 2 is 2.17 bits per heavy atom. The first kappa shape index (κ1) is 14.6. The third-order valence-corrected chi connectivity index (χ3v) is 4.02. The summed E-state index contributed by atoms with van der Waals surface area (Å²) in [5, 5.41) is 11.5. The molecule has 0 unspecified atom stereocenters. The third-order valence-electron chi connectivity index (χ3n) is 2.68. The average molecular weight is 270 g/mol. The first-order chi connectivity index (χ1) is 8.47. The monoisotopic (exact) mass is 270 g/mol. The lowest BCUT2D eigenvalue weighted by Gasteiger charge is -2.15. The van der Waals surface area contributed by atoms with Crippen LogP contribution in [0.2, 0.25) is 0 Å². The lowest BCUT2D eigenvalue weighted by atomic mass is 10.2. The topological polar surface area (TPSA) is 63.5 Å². The first-order valence-corrected chi connectivity index (χ1v) is 6.79. The highest BCUT2D eigenvalue weighted by molar-refractivity contribution is 7.18. The predicted molar refractivity (Wildman–Crippen MR) is 73.8 cm³/mol. The van der Waals surface area contributed by atoms with Crippen LogP contribution in [0.4, 0.5) is 10.7 Å². The summed E-state index contributed by atoms with van der Waals surface area (Å²) in [5.74, 6) is -0.128. The third kappa shape index (κ3) is 3.53. The second kappa shape index (κ2) is 6.49. The maximum Gasteiger partial charge on any atom is 0.304 e. The molecule has 1 heterocycles. The van der Waals surface area contributed by atoms with E-state index in [-0.39, 0.29) is 11.5 Å². The number of unbranched alkanes of at least 4 members (excludes halogenated alkanes) is 2. The number of ketones is 1. The molecule has 0 spiro atoms. The van der Waals surface area contributed by atoms with Gasteiger partial charge in [-0.15, -0.1) is 11.3 Å². The Bertz CT molecular complexity index is 443. The number of rotatable bonds is 7. The van der Waals surface area contributed by atoms with Crippen LogP contribution < -0.4 is 4.90 Å². The van der Waals surface area contributed by atoms with Crippen molar-refractivity contribution in [2.75, 3.05) is 18.5 Å². The van der Waals surface area contributed by atoms with Crippen LogP contribution in [0.3, 0.4) is 0 Å². The number of nitrogens with zero attached hydrogens (tertiary/aromatic N) is 2. The molecule has 18 heavy (non-hydrogen) atoms. The van der Waals surface area contributed by atoms with E-state index in [2.05, 4.69) is 6.92 Å². The van der Waals surface area contributed by atoms with E-state index in [1.165, 1.54) is 24.3 Å². The molecule has 0 amide bonds. The maximum atomic E-state index is 11.3. The van der Waals surface area contributed by atoms with Crippen LogP contribution in [0.5, 0.6) is 0 Å². The average Bonchev–Trinajstić information content (AvgIpc) is 2.74. The van der Waals surface area contributed by atoms with Gasteiger partial charge in [0, 0.05) is 19.7 Å². The number of nitro groups is 1. The number of hydrogen-bond acceptors (Lipinski definition) is 5. The van der Waals surface area contributed by atoms with Crippen molar-refractivity contribution < 1.29 is 9.72 Å². The van der Waals surface area contributed by atoms with Crippen molar-refractivity contribution in [2.24, 2.45) is 0 Å². The number of thiophene rings is 1. The summed E-state index contributed by atoms with van der Waals surface area (Å²) in [6.07, 6.45) is 3.21. The summed E-state index contributed by atoms with van der Waals surface area (Å²) in [5.41, 5.74) is 0.0317. The molecule has 0 saturated carbocycles. The van der Waals surface area contributed by atoms with E-state index in [9.17, 15) is 14.9 Å².